The van der Waals surface area contributed by atoms with Gasteiger partial charge in [0.25, 0.3) is 0 Å². The second kappa shape index (κ2) is 7.64. The highest BCUT2D eigenvalue weighted by molar-refractivity contribution is 7.07. The van der Waals surface area contributed by atoms with Crippen molar-refractivity contribution < 1.29 is 4.42 Å². The van der Waals surface area contributed by atoms with Crippen LogP contribution in [0.25, 0.3) is 22.4 Å². The summed E-state index contributed by atoms with van der Waals surface area (Å²) in [5, 5.41) is 8.04. The Hall–Kier alpha value is -2.86. The molecule has 0 radical (unpaired) electrons. The van der Waals surface area contributed by atoms with Crippen molar-refractivity contribution in [1.82, 2.24) is 9.66 Å². The summed E-state index contributed by atoms with van der Waals surface area (Å²) < 4.78 is 7.55. The first-order valence-corrected chi connectivity index (χ1v) is 10.7. The molecule has 0 aliphatic heterocycles. The predicted molar refractivity (Wildman–Crippen MR) is 114 cm³/mol. The number of aromatic nitrogens is 2. The molecule has 1 aliphatic rings. The Bertz CT molecular complexity index is 1160. The minimum absolute atomic E-state index is 0.395. The van der Waals surface area contributed by atoms with E-state index >= 15 is 0 Å². The van der Waals surface area contributed by atoms with Crippen molar-refractivity contribution in [1.29, 1.82) is 0 Å². The van der Waals surface area contributed by atoms with Gasteiger partial charge in [-0.2, -0.15) is 5.10 Å². The fourth-order valence-corrected chi connectivity index (χ4v) is 4.67. The van der Waals surface area contributed by atoms with E-state index in [0.29, 0.717) is 6.04 Å². The van der Waals surface area contributed by atoms with Gasteiger partial charge in [0.1, 0.15) is 5.69 Å². The van der Waals surface area contributed by atoms with Crippen molar-refractivity contribution in [3.63, 3.8) is 0 Å². The predicted octanol–water partition coefficient (Wildman–Crippen LogP) is 5.41. The van der Waals surface area contributed by atoms with Crippen molar-refractivity contribution in [2.45, 2.75) is 38.1 Å². The highest BCUT2D eigenvalue weighted by atomic mass is 32.1. The van der Waals surface area contributed by atoms with Gasteiger partial charge in [0, 0.05) is 28.0 Å². The molecule has 0 bridgehead atoms. The highest BCUT2D eigenvalue weighted by Gasteiger charge is 2.15. The first-order chi connectivity index (χ1) is 13.9. The van der Waals surface area contributed by atoms with Crippen LogP contribution in [0, 0.1) is 0 Å². The number of fused-ring (bicyclic) bond motifs is 1. The monoisotopic (exact) mass is 390 g/mol. The lowest BCUT2D eigenvalue weighted by Crippen LogP contribution is -2.18. The summed E-state index contributed by atoms with van der Waals surface area (Å²) in [4.78, 5) is 9.26. The summed E-state index contributed by atoms with van der Waals surface area (Å²) in [5.41, 5.74) is 3.10. The molecule has 6 heteroatoms. The largest absolute Gasteiger partial charge is 0.463 e. The number of aromatic amines is 1. The third-order valence-corrected chi connectivity index (χ3v) is 6.09. The van der Waals surface area contributed by atoms with Crippen LogP contribution in [0.15, 0.2) is 68.7 Å². The Balaban J connectivity index is 1.58. The van der Waals surface area contributed by atoms with Gasteiger partial charge in [-0.05, 0) is 31.0 Å². The van der Waals surface area contributed by atoms with E-state index in [1.165, 1.54) is 32.1 Å². The van der Waals surface area contributed by atoms with E-state index in [9.17, 15) is 0 Å². The molecule has 5 nitrogen and oxygen atoms in total. The molecule has 28 heavy (non-hydrogen) atoms. The Labute approximate surface area is 167 Å². The molecule has 0 saturated heterocycles. The van der Waals surface area contributed by atoms with Crippen LogP contribution in [-0.2, 0) is 0 Å². The normalized spacial score (nSPS) is 16.5. The number of rotatable bonds is 4. The quantitative estimate of drug-likeness (QED) is 0.466. The molecule has 0 spiro atoms. The number of hydrogen-bond acceptors (Lipinski definition) is 4. The number of nitrogens with one attached hydrogen (secondary N) is 1. The third-order valence-electron chi connectivity index (χ3n) is 5.26. The number of hydrogen-bond donors (Lipinski definition) is 1. The maximum absolute atomic E-state index is 5.63. The Morgan fingerprint density at radius 1 is 1.11 bits per heavy atom. The summed E-state index contributed by atoms with van der Waals surface area (Å²) in [7, 11) is 0. The molecule has 0 atom stereocenters. The standard InChI is InChI=1S/C22H22N4OS/c1-2-7-17(8-3-1)25-22-26(20(15-28-22)21-11-6-12-27-21)24-14-16-13-23-19-10-5-4-9-18(16)19/h4-6,9-15,17,23H,1-3,7-8H2. The zero-order valence-electron chi connectivity index (χ0n) is 15.5. The lowest BCUT2D eigenvalue weighted by atomic mass is 9.96. The van der Waals surface area contributed by atoms with Gasteiger partial charge < -0.3 is 9.40 Å². The minimum Gasteiger partial charge on any atom is -0.463 e. The maximum atomic E-state index is 5.63. The molecule has 0 amide bonds. The van der Waals surface area contributed by atoms with E-state index in [2.05, 4.69) is 22.5 Å². The molecule has 1 fully saturated rings. The van der Waals surface area contributed by atoms with E-state index in [4.69, 9.17) is 14.5 Å². The van der Waals surface area contributed by atoms with E-state index < -0.39 is 0 Å². The Morgan fingerprint density at radius 2 is 2.00 bits per heavy atom. The second-order valence-corrected chi connectivity index (χ2v) is 7.98. The van der Waals surface area contributed by atoms with Crippen LogP contribution in [-0.4, -0.2) is 21.9 Å². The van der Waals surface area contributed by atoms with Crippen LogP contribution in [0.4, 0.5) is 0 Å². The summed E-state index contributed by atoms with van der Waals surface area (Å²) in [6, 6.07) is 12.5. The molecule has 4 aromatic rings. The molecule has 1 N–H and O–H groups in total. The van der Waals surface area contributed by atoms with Gasteiger partial charge in [0.15, 0.2) is 5.76 Å². The number of thiazole rings is 1. The van der Waals surface area contributed by atoms with E-state index in [1.54, 1.807) is 17.6 Å². The minimum atomic E-state index is 0.395. The number of H-pyrrole nitrogens is 1. The van der Waals surface area contributed by atoms with Crippen LogP contribution in [0.1, 0.15) is 37.7 Å². The molecule has 0 unspecified atom stereocenters. The van der Waals surface area contributed by atoms with E-state index in [-0.39, 0.29) is 0 Å². The van der Waals surface area contributed by atoms with Crippen molar-refractivity contribution in [3.05, 3.63) is 64.6 Å². The molecule has 5 rings (SSSR count). The van der Waals surface area contributed by atoms with Gasteiger partial charge in [-0.15, -0.1) is 11.3 Å². The van der Waals surface area contributed by atoms with Gasteiger partial charge in [-0.25, -0.2) is 4.68 Å². The van der Waals surface area contributed by atoms with Crippen molar-refractivity contribution in [2.24, 2.45) is 10.1 Å². The summed E-state index contributed by atoms with van der Waals surface area (Å²) >= 11 is 1.62. The highest BCUT2D eigenvalue weighted by Crippen LogP contribution is 2.23. The first-order valence-electron chi connectivity index (χ1n) is 9.77. The van der Waals surface area contributed by atoms with Gasteiger partial charge in [-0.1, -0.05) is 37.5 Å². The fourth-order valence-electron chi connectivity index (χ4n) is 3.78. The molecular weight excluding hydrogens is 368 g/mol. The average Bonchev–Trinajstić information content (AvgIpc) is 3.47. The number of nitrogens with zero attached hydrogens (tertiary/aromatic N) is 3. The summed E-state index contributed by atoms with van der Waals surface area (Å²) in [6.07, 6.45) is 11.8. The van der Waals surface area contributed by atoms with Crippen LogP contribution in [0.2, 0.25) is 0 Å². The number of para-hydroxylation sites is 1. The van der Waals surface area contributed by atoms with Crippen LogP contribution >= 0.6 is 11.3 Å². The van der Waals surface area contributed by atoms with Gasteiger partial charge in [0.05, 0.1) is 18.5 Å². The topological polar surface area (TPSA) is 58.6 Å². The smallest absolute Gasteiger partial charge is 0.206 e. The summed E-state index contributed by atoms with van der Waals surface area (Å²) in [6.45, 7) is 0. The average molecular weight is 391 g/mol. The number of furan rings is 1. The maximum Gasteiger partial charge on any atom is 0.206 e. The SMILES string of the molecule is C(=Nn1c(-c2ccco2)csc1=NC1CCCCC1)c1c[nH]c2ccccc12. The fraction of sp³-hybridized carbons (Fsp3) is 0.273. The molecule has 3 heterocycles. The first kappa shape index (κ1) is 17.3. The molecule has 142 valence electrons. The molecule has 1 aliphatic carbocycles. The second-order valence-electron chi connectivity index (χ2n) is 7.15. The third kappa shape index (κ3) is 3.36. The Kier molecular flexibility index (Phi) is 4.71. The van der Waals surface area contributed by atoms with Gasteiger partial charge in [-0.3, -0.25) is 4.99 Å². The van der Waals surface area contributed by atoms with Crippen LogP contribution in [0.5, 0.6) is 0 Å². The lowest BCUT2D eigenvalue weighted by molar-refractivity contribution is 0.435. The number of benzene rings is 1. The zero-order chi connectivity index (χ0) is 18.8. The van der Waals surface area contributed by atoms with E-state index in [0.717, 1.165) is 32.7 Å². The molecular formula is C22H22N4OS. The van der Waals surface area contributed by atoms with E-state index in [1.807, 2.05) is 41.4 Å². The molecule has 1 aromatic carbocycles. The van der Waals surface area contributed by atoms with Gasteiger partial charge >= 0.3 is 0 Å². The van der Waals surface area contributed by atoms with Crippen LogP contribution in [0.3, 0.4) is 0 Å². The Morgan fingerprint density at radius 3 is 2.86 bits per heavy atom. The van der Waals surface area contributed by atoms with Crippen molar-refractivity contribution in [2.75, 3.05) is 0 Å². The van der Waals surface area contributed by atoms with Crippen molar-refractivity contribution in [3.8, 4) is 11.5 Å². The van der Waals surface area contributed by atoms with Gasteiger partial charge in [0.2, 0.25) is 4.80 Å². The molecule has 1 saturated carbocycles. The summed E-state index contributed by atoms with van der Waals surface area (Å²) in [5.74, 6) is 0.803. The lowest BCUT2D eigenvalue weighted by Gasteiger charge is -2.16. The molecule has 3 aromatic heterocycles. The zero-order valence-corrected chi connectivity index (χ0v) is 16.4. The van der Waals surface area contributed by atoms with Crippen LogP contribution < -0.4 is 4.80 Å². The van der Waals surface area contributed by atoms with Crippen molar-refractivity contribution >= 4 is 28.5 Å².